The Kier molecular flexibility index (Phi) is 34.4. The van der Waals surface area contributed by atoms with Crippen LogP contribution in [0.3, 0.4) is 0 Å². The minimum atomic E-state index is -1.43. The fourth-order valence-electron chi connectivity index (χ4n) is 7.20. The first-order valence-corrected chi connectivity index (χ1v) is 28.3. The Bertz CT molecular complexity index is 2690. The van der Waals surface area contributed by atoms with Crippen LogP contribution < -0.4 is 9.47 Å². The van der Waals surface area contributed by atoms with E-state index in [1.54, 1.807) is 139 Å². The van der Waals surface area contributed by atoms with E-state index < -0.39 is 52.9 Å². The molecule has 4 aromatic rings. The summed E-state index contributed by atoms with van der Waals surface area (Å²) in [6, 6.07) is 26.2. The fourth-order valence-corrected chi connectivity index (χ4v) is 7.20. The number of hydrogen-bond donors (Lipinski definition) is 2. The van der Waals surface area contributed by atoms with E-state index in [-0.39, 0.29) is 82.6 Å². The van der Waals surface area contributed by atoms with Crippen molar-refractivity contribution in [3.63, 3.8) is 0 Å². The number of benzene rings is 4. The van der Waals surface area contributed by atoms with Gasteiger partial charge in [-0.2, -0.15) is 0 Å². The molecule has 0 aliphatic rings. The van der Waals surface area contributed by atoms with E-state index >= 15 is 0 Å². The van der Waals surface area contributed by atoms with Crippen LogP contribution in [0.25, 0.3) is 0 Å². The van der Waals surface area contributed by atoms with Crippen molar-refractivity contribution in [1.29, 1.82) is 0 Å². The molecule has 0 fully saturated rings. The summed E-state index contributed by atoms with van der Waals surface area (Å²) >= 11 is 0. The van der Waals surface area contributed by atoms with Crippen LogP contribution in [0.5, 0.6) is 23.0 Å². The number of carbonyl (C=O) groups is 7. The molecule has 22 nitrogen and oxygen atoms in total. The van der Waals surface area contributed by atoms with Crippen LogP contribution in [-0.2, 0) is 66.5 Å². The van der Waals surface area contributed by atoms with Crippen LogP contribution in [0.4, 0.5) is 0 Å². The summed E-state index contributed by atoms with van der Waals surface area (Å²) in [6.45, 7) is 32.2. The molecular formula is C67H86O22. The Hall–Kier alpha value is -8.03. The third-order valence-electron chi connectivity index (χ3n) is 11.6. The van der Waals surface area contributed by atoms with E-state index in [0.717, 1.165) is 18.2 Å². The number of carbonyl (C=O) groups excluding carboxylic acids is 7. The maximum Gasteiger partial charge on any atom is 0.330 e. The summed E-state index contributed by atoms with van der Waals surface area (Å²) in [5.74, 6) is -0.645. The molecule has 0 aliphatic heterocycles. The Labute approximate surface area is 521 Å². The van der Waals surface area contributed by atoms with E-state index in [2.05, 4.69) is 31.1 Å². The van der Waals surface area contributed by atoms with Gasteiger partial charge in [0.05, 0.1) is 59.1 Å². The normalized spacial score (nSPS) is 12.0. The molecule has 0 aliphatic carbocycles. The Morgan fingerprint density at radius 1 is 0.382 bits per heavy atom. The molecule has 89 heavy (non-hydrogen) atoms. The maximum atomic E-state index is 13.2. The van der Waals surface area contributed by atoms with Crippen LogP contribution in [-0.4, -0.2) is 166 Å². The van der Waals surface area contributed by atoms with E-state index in [1.165, 1.54) is 34.0 Å². The molecule has 22 heteroatoms. The number of rotatable bonds is 40. The second-order valence-corrected chi connectivity index (χ2v) is 20.9. The summed E-state index contributed by atoms with van der Waals surface area (Å²) in [7, 11) is 0. The van der Waals surface area contributed by atoms with Crippen LogP contribution >= 0.6 is 0 Å². The van der Waals surface area contributed by atoms with Crippen molar-refractivity contribution >= 4 is 41.0 Å². The van der Waals surface area contributed by atoms with Gasteiger partial charge in [0.15, 0.2) is 35.7 Å². The first-order valence-electron chi connectivity index (χ1n) is 28.3. The molecule has 0 amide bonds. The van der Waals surface area contributed by atoms with Crippen molar-refractivity contribution in [2.75, 3.05) is 79.3 Å². The van der Waals surface area contributed by atoms with Crippen molar-refractivity contribution < 1.29 is 105 Å². The van der Waals surface area contributed by atoms with Gasteiger partial charge in [-0.05, 0) is 166 Å². The number of aliphatic hydroxyl groups is 2. The van der Waals surface area contributed by atoms with Crippen molar-refractivity contribution in [3.8, 4) is 23.0 Å². The fraction of sp³-hybridized carbons (Fsp3) is 0.418. The first-order chi connectivity index (χ1) is 42.0. The third kappa shape index (κ3) is 31.1. The molecule has 0 radical (unpaired) electrons. The molecule has 0 saturated carbocycles. The van der Waals surface area contributed by atoms with Gasteiger partial charge in [0.2, 0.25) is 0 Å². The van der Waals surface area contributed by atoms with Crippen LogP contribution in [0.15, 0.2) is 148 Å². The molecule has 0 saturated heterocycles. The molecule has 0 heterocycles. The minimum Gasteiger partial charge on any atom is -0.499 e. The van der Waals surface area contributed by atoms with Gasteiger partial charge in [-0.3, -0.25) is 19.2 Å². The average molecular weight is 1240 g/mol. The molecule has 0 spiro atoms. The number of Topliss-reactive ketones (excluding diaryl/α,β-unsaturated/α-hetero) is 4. The number of esters is 3. The molecule has 2 atom stereocenters. The van der Waals surface area contributed by atoms with Crippen LogP contribution in [0, 0.1) is 0 Å². The van der Waals surface area contributed by atoms with Crippen LogP contribution in [0.2, 0.25) is 0 Å². The second-order valence-electron chi connectivity index (χ2n) is 20.9. The lowest BCUT2D eigenvalue weighted by molar-refractivity contribution is -0.181. The zero-order valence-corrected chi connectivity index (χ0v) is 52.6. The molecule has 2 unspecified atom stereocenters. The summed E-state index contributed by atoms with van der Waals surface area (Å²) in [6.07, 6.45) is 3.25. The summed E-state index contributed by atoms with van der Waals surface area (Å²) < 4.78 is 69.4. The van der Waals surface area contributed by atoms with E-state index in [9.17, 15) is 43.8 Å². The maximum absolute atomic E-state index is 13.2. The lowest BCUT2D eigenvalue weighted by Crippen LogP contribution is -2.39. The van der Waals surface area contributed by atoms with Crippen LogP contribution in [0.1, 0.15) is 111 Å². The van der Waals surface area contributed by atoms with Gasteiger partial charge in [-0.1, -0.05) is 26.3 Å². The molecule has 486 valence electrons. The van der Waals surface area contributed by atoms with Crippen molar-refractivity contribution in [1.82, 2.24) is 0 Å². The Morgan fingerprint density at radius 2 is 0.629 bits per heavy atom. The zero-order valence-electron chi connectivity index (χ0n) is 52.6. The lowest BCUT2D eigenvalue weighted by Gasteiger charge is -2.28. The molecule has 4 aromatic carbocycles. The van der Waals surface area contributed by atoms with Gasteiger partial charge in [-0.25, -0.2) is 14.4 Å². The Balaban J connectivity index is 0.000000580. The minimum absolute atomic E-state index is 0.112. The van der Waals surface area contributed by atoms with Gasteiger partial charge in [0.25, 0.3) is 0 Å². The second kappa shape index (κ2) is 39.8. The van der Waals surface area contributed by atoms with Crippen molar-refractivity contribution in [2.24, 2.45) is 0 Å². The highest BCUT2D eigenvalue weighted by Crippen LogP contribution is 2.28. The lowest BCUT2D eigenvalue weighted by atomic mass is 9.96. The summed E-state index contributed by atoms with van der Waals surface area (Å²) in [4.78, 5) is 82.9. The largest absolute Gasteiger partial charge is 0.499 e. The predicted octanol–water partition coefficient (Wildman–Crippen LogP) is 9.93. The zero-order chi connectivity index (χ0) is 66.6. The highest BCUT2D eigenvalue weighted by molar-refractivity contribution is 6.03. The number of ketones is 4. The Morgan fingerprint density at radius 3 is 0.876 bits per heavy atom. The molecule has 4 rings (SSSR count). The smallest absolute Gasteiger partial charge is 0.330 e. The molecule has 2 N–H and O–H groups in total. The van der Waals surface area contributed by atoms with Crippen molar-refractivity contribution in [3.05, 3.63) is 170 Å². The molecular weight excluding hydrogens is 1160 g/mol. The monoisotopic (exact) mass is 1240 g/mol. The van der Waals surface area contributed by atoms with E-state index in [1.807, 2.05) is 0 Å². The number of ether oxygens (including phenoxy) is 13. The summed E-state index contributed by atoms with van der Waals surface area (Å²) in [5.41, 5.74) is -3.56. The predicted molar refractivity (Wildman–Crippen MR) is 329 cm³/mol. The highest BCUT2D eigenvalue weighted by atomic mass is 16.7. The van der Waals surface area contributed by atoms with E-state index in [0.29, 0.717) is 65.1 Å². The van der Waals surface area contributed by atoms with Gasteiger partial charge >= 0.3 is 17.9 Å². The SMILES string of the molecule is C=CC(=O)OCCOCCOC(C)OC(C)(C)C(=O)c1ccc(Oc2ccc(C(=O)C(C)(C)OC(C)OCCOCCOC(=O)C=C)cc2)cc1.C=COCCOCCOC(=O)C=C.CC(C)(O)C(=O)c1ccc(Oc2ccc(C(=O)C(C)(C)O)cc2)cc1. The van der Waals surface area contributed by atoms with Gasteiger partial charge in [0.1, 0.15) is 71.8 Å². The highest BCUT2D eigenvalue weighted by Gasteiger charge is 2.34. The average Bonchev–Trinajstić information content (AvgIpc) is 1.76. The van der Waals surface area contributed by atoms with Gasteiger partial charge < -0.3 is 71.8 Å². The van der Waals surface area contributed by atoms with Gasteiger partial charge in [-0.15, -0.1) is 0 Å². The number of hydrogen-bond acceptors (Lipinski definition) is 22. The molecule has 0 bridgehead atoms. The van der Waals surface area contributed by atoms with Crippen molar-refractivity contribution in [2.45, 2.75) is 104 Å². The topological polar surface area (TPSA) is 280 Å². The standard InChI is InChI=1S/C38H50O13.C20H22O5.C9H14O4/c1-9-33(39)47-25-21-43-19-23-45-27(3)50-37(5,6)35(41)29-11-15-31(16-12-29)49-32-17-13-30(14-18-32)36(42)38(7,8)51-28(4)46-24-20-44-22-26-48-34(40)10-2;1-19(2,23)17(21)13-5-9-15(10-6-13)25-16-11-7-14(8-12-16)18(22)20(3,4)24;1-3-9(10)13-8-7-12-6-5-11-4-2/h9-18,27-28H,1-2,19-26H2,3-8H3;5-12,23-24H,1-4H3;3-4H,1-2,5-8H2. The first kappa shape index (κ1) is 77.1. The van der Waals surface area contributed by atoms with Gasteiger partial charge in [0, 0.05) is 40.5 Å². The summed E-state index contributed by atoms with van der Waals surface area (Å²) in [5, 5.41) is 19.5. The third-order valence-corrected chi connectivity index (χ3v) is 11.6. The van der Waals surface area contributed by atoms with E-state index in [4.69, 9.17) is 56.8 Å². The quantitative estimate of drug-likeness (QED) is 0.00796. The molecule has 0 aromatic heterocycles.